The summed E-state index contributed by atoms with van der Waals surface area (Å²) in [6, 6.07) is 9.38. The number of benzene rings is 2. The zero-order valence-electron chi connectivity index (χ0n) is 15.6. The Hall–Kier alpha value is -1.89. The average molecular weight is 577 g/mol. The van der Waals surface area contributed by atoms with Crippen LogP contribution in [0.3, 0.4) is 0 Å². The van der Waals surface area contributed by atoms with Gasteiger partial charge in [0.15, 0.2) is 16.7 Å². The summed E-state index contributed by atoms with van der Waals surface area (Å²) in [4.78, 5) is 11.4. The van der Waals surface area contributed by atoms with Crippen LogP contribution in [-0.2, 0) is 14.9 Å². The number of rotatable bonds is 6. The van der Waals surface area contributed by atoms with E-state index in [4.69, 9.17) is 8.92 Å². The highest BCUT2D eigenvalue weighted by atomic mass is 79.9. The Labute approximate surface area is 194 Å². The molecule has 8 nitrogen and oxygen atoms in total. The number of halogens is 2. The van der Waals surface area contributed by atoms with Gasteiger partial charge < -0.3 is 14.2 Å². The Morgan fingerprint density at radius 2 is 1.93 bits per heavy atom. The largest absolute Gasteiger partial charge is 0.493 e. The molecule has 3 rings (SSSR count). The zero-order valence-corrected chi connectivity index (χ0v) is 20.4. The van der Waals surface area contributed by atoms with E-state index in [-0.39, 0.29) is 27.6 Å². The fourth-order valence-electron chi connectivity index (χ4n) is 2.32. The summed E-state index contributed by atoms with van der Waals surface area (Å²) < 4.78 is 36.9. The van der Waals surface area contributed by atoms with Crippen LogP contribution in [0.5, 0.6) is 11.5 Å². The van der Waals surface area contributed by atoms with Crippen LogP contribution in [0.15, 0.2) is 60.4 Å². The number of ether oxygens (including phenoxy) is 1. The normalized spacial score (nSPS) is 18.1. The molecule has 1 N–H and O–H groups in total. The molecule has 1 atom stereocenters. The van der Waals surface area contributed by atoms with Gasteiger partial charge in [-0.05, 0) is 64.8 Å². The van der Waals surface area contributed by atoms with Crippen molar-refractivity contribution < 1.29 is 22.1 Å². The second-order valence-electron chi connectivity index (χ2n) is 5.92. The van der Waals surface area contributed by atoms with Gasteiger partial charge in [0.1, 0.15) is 4.90 Å². The van der Waals surface area contributed by atoms with E-state index < -0.39 is 10.1 Å². The lowest BCUT2D eigenvalue weighted by molar-refractivity contribution is -0.118. The third-order valence-corrected chi connectivity index (χ3v) is 7.49. The van der Waals surface area contributed by atoms with Gasteiger partial charge in [-0.15, -0.1) is 5.10 Å². The average Bonchev–Trinajstić information content (AvgIpc) is 3.02. The van der Waals surface area contributed by atoms with Gasteiger partial charge in [-0.3, -0.25) is 4.79 Å². The monoisotopic (exact) mass is 575 g/mol. The minimum absolute atomic E-state index is 0.0225. The van der Waals surface area contributed by atoms with E-state index in [1.54, 1.807) is 31.2 Å². The topological polar surface area (TPSA) is 106 Å². The van der Waals surface area contributed by atoms with E-state index in [0.29, 0.717) is 19.7 Å². The van der Waals surface area contributed by atoms with Gasteiger partial charge in [0.05, 0.1) is 18.6 Å². The maximum Gasteiger partial charge on any atom is 0.340 e. The molecule has 0 aliphatic carbocycles. The Morgan fingerprint density at radius 3 is 2.60 bits per heavy atom. The number of amides is 1. The molecule has 1 fully saturated rings. The summed E-state index contributed by atoms with van der Waals surface area (Å²) >= 11 is 7.76. The standard InChI is InChI=1S/C18H15Br2N3O5S2/c1-10-17(24)22-18(29-10)23-21-9-11-3-6-14(15(7-11)27-2)28-30(25,26)16-8-12(19)4-5-13(16)20/h3-10H,1-2H3,(H,22,23,24)/b21-9+. The number of methoxy groups -OCH3 is 1. The number of hydrogen-bond donors (Lipinski definition) is 1. The van der Waals surface area contributed by atoms with Crippen molar-refractivity contribution in [3.63, 3.8) is 0 Å². The molecule has 0 radical (unpaired) electrons. The molecule has 30 heavy (non-hydrogen) atoms. The highest BCUT2D eigenvalue weighted by Gasteiger charge is 2.26. The first-order valence-corrected chi connectivity index (χ1v) is 12.2. The van der Waals surface area contributed by atoms with Crippen molar-refractivity contribution in [1.82, 2.24) is 5.32 Å². The summed E-state index contributed by atoms with van der Waals surface area (Å²) in [6.07, 6.45) is 1.45. The van der Waals surface area contributed by atoms with Crippen LogP contribution in [-0.4, -0.2) is 38.1 Å². The molecule has 1 heterocycles. The summed E-state index contributed by atoms with van der Waals surface area (Å²) in [5, 5.41) is 10.7. The lowest BCUT2D eigenvalue weighted by atomic mass is 10.2. The van der Waals surface area contributed by atoms with Crippen molar-refractivity contribution in [2.24, 2.45) is 10.2 Å². The minimum atomic E-state index is -4.11. The Morgan fingerprint density at radius 1 is 1.17 bits per heavy atom. The fourth-order valence-corrected chi connectivity index (χ4v) is 5.47. The first kappa shape index (κ1) is 22.8. The predicted molar refractivity (Wildman–Crippen MR) is 123 cm³/mol. The molecular weight excluding hydrogens is 562 g/mol. The van der Waals surface area contributed by atoms with E-state index in [2.05, 4.69) is 47.4 Å². The number of thioether (sulfide) groups is 1. The first-order chi connectivity index (χ1) is 14.2. The Balaban J connectivity index is 1.81. The second kappa shape index (κ2) is 9.50. The van der Waals surface area contributed by atoms with Crippen LogP contribution >= 0.6 is 43.6 Å². The third kappa shape index (κ3) is 5.42. The number of nitrogens with zero attached hydrogens (tertiary/aromatic N) is 2. The number of hydrogen-bond acceptors (Lipinski definition) is 8. The molecule has 1 aliphatic heterocycles. The third-order valence-electron chi connectivity index (χ3n) is 3.79. The van der Waals surface area contributed by atoms with Crippen LogP contribution in [0.25, 0.3) is 0 Å². The molecule has 158 valence electrons. The van der Waals surface area contributed by atoms with Crippen molar-refractivity contribution in [2.45, 2.75) is 17.1 Å². The highest BCUT2D eigenvalue weighted by molar-refractivity contribution is 9.11. The molecular formula is C18H15Br2N3O5S2. The van der Waals surface area contributed by atoms with Crippen LogP contribution in [0.1, 0.15) is 12.5 Å². The van der Waals surface area contributed by atoms with Gasteiger partial charge >= 0.3 is 10.1 Å². The van der Waals surface area contributed by atoms with Crippen molar-refractivity contribution >= 4 is 71.0 Å². The molecule has 12 heteroatoms. The summed E-state index contributed by atoms with van der Waals surface area (Å²) in [5.74, 6) is 0.120. The minimum Gasteiger partial charge on any atom is -0.493 e. The fraction of sp³-hybridized carbons (Fsp3) is 0.167. The van der Waals surface area contributed by atoms with Crippen molar-refractivity contribution in [3.05, 3.63) is 50.9 Å². The highest BCUT2D eigenvalue weighted by Crippen LogP contribution is 2.33. The van der Waals surface area contributed by atoms with Gasteiger partial charge in [0.2, 0.25) is 5.91 Å². The second-order valence-corrected chi connectivity index (χ2v) is 10.5. The van der Waals surface area contributed by atoms with Crippen LogP contribution in [0, 0.1) is 0 Å². The number of carbonyl (C=O) groups excluding carboxylic acids is 1. The van der Waals surface area contributed by atoms with E-state index in [9.17, 15) is 13.2 Å². The van der Waals surface area contributed by atoms with Crippen LogP contribution in [0.2, 0.25) is 0 Å². The van der Waals surface area contributed by atoms with Gasteiger partial charge in [0, 0.05) is 8.95 Å². The van der Waals surface area contributed by atoms with Crippen molar-refractivity contribution in [1.29, 1.82) is 0 Å². The number of nitrogens with one attached hydrogen (secondary N) is 1. The van der Waals surface area contributed by atoms with E-state index in [1.807, 2.05) is 0 Å². The summed E-state index contributed by atoms with van der Waals surface area (Å²) in [6.45, 7) is 1.77. The smallest absolute Gasteiger partial charge is 0.340 e. The lowest BCUT2D eigenvalue weighted by Gasteiger charge is -2.12. The van der Waals surface area contributed by atoms with Gasteiger partial charge in [-0.2, -0.15) is 13.5 Å². The molecule has 1 unspecified atom stereocenters. The molecule has 1 amide bonds. The molecule has 2 aromatic rings. The van der Waals surface area contributed by atoms with Gasteiger partial charge in [-0.1, -0.05) is 27.7 Å². The van der Waals surface area contributed by atoms with Gasteiger partial charge in [0.25, 0.3) is 0 Å². The van der Waals surface area contributed by atoms with E-state index in [1.165, 1.54) is 37.2 Å². The Kier molecular flexibility index (Phi) is 7.22. The molecule has 0 aromatic heterocycles. The molecule has 1 aliphatic rings. The molecule has 1 saturated heterocycles. The maximum atomic E-state index is 12.7. The number of carbonyl (C=O) groups is 1. The quantitative estimate of drug-likeness (QED) is 0.317. The van der Waals surface area contributed by atoms with Gasteiger partial charge in [-0.25, -0.2) is 0 Å². The predicted octanol–water partition coefficient (Wildman–Crippen LogP) is 3.93. The Bertz CT molecular complexity index is 1150. The van der Waals surface area contributed by atoms with E-state index in [0.717, 1.165) is 0 Å². The summed E-state index contributed by atoms with van der Waals surface area (Å²) in [5.41, 5.74) is 0.604. The molecule has 2 aromatic carbocycles. The lowest BCUT2D eigenvalue weighted by Crippen LogP contribution is -2.23. The zero-order chi connectivity index (χ0) is 21.9. The molecule has 0 bridgehead atoms. The van der Waals surface area contributed by atoms with Crippen LogP contribution in [0.4, 0.5) is 0 Å². The van der Waals surface area contributed by atoms with Crippen molar-refractivity contribution in [3.8, 4) is 11.5 Å². The van der Waals surface area contributed by atoms with Crippen molar-refractivity contribution in [2.75, 3.05) is 7.11 Å². The molecule has 0 saturated carbocycles. The SMILES string of the molecule is COc1cc(/C=N/N=C2\NC(=O)C(C)S2)ccc1OS(=O)(=O)c1cc(Br)ccc1Br. The van der Waals surface area contributed by atoms with Crippen LogP contribution < -0.4 is 14.2 Å². The first-order valence-electron chi connectivity index (χ1n) is 8.36. The van der Waals surface area contributed by atoms with E-state index >= 15 is 0 Å². The summed E-state index contributed by atoms with van der Waals surface area (Å²) in [7, 11) is -2.71. The number of amidine groups is 1. The molecule has 0 spiro atoms. The maximum absolute atomic E-state index is 12.7.